The molecule has 532 valence electrons. The maximum absolute atomic E-state index is 13.0. The van der Waals surface area contributed by atoms with Gasteiger partial charge in [0.2, 0.25) is 22.8 Å². The molecule has 13 rings (SSSR count). The summed E-state index contributed by atoms with van der Waals surface area (Å²) in [5, 5.41) is 46.7. The summed E-state index contributed by atoms with van der Waals surface area (Å²) in [5.41, 5.74) is 13.4. The molecule has 4 amide bonds. The zero-order valence-electron chi connectivity index (χ0n) is 56.6. The topological polar surface area (TPSA) is 340 Å². The van der Waals surface area contributed by atoms with Gasteiger partial charge in [0.25, 0.3) is 23.6 Å². The average molecular weight is 1490 g/mol. The number of aliphatic carboxylic acids is 4. The second-order valence-corrected chi connectivity index (χ2v) is 24.7. The molecule has 0 saturated carbocycles. The molecule has 11 aromatic rings. The zero-order valence-corrected chi connectivity index (χ0v) is 58.4. The van der Waals surface area contributed by atoms with Crippen molar-refractivity contribution in [1.29, 1.82) is 0 Å². The Kier molecular flexibility index (Phi) is 22.5. The Hall–Kier alpha value is -13.6. The van der Waals surface area contributed by atoms with Crippen LogP contribution in [0.1, 0.15) is 86.5 Å². The number of carboxylic acid groups (broad SMARTS) is 4. The van der Waals surface area contributed by atoms with Gasteiger partial charge in [0.05, 0.1) is 45.0 Å². The minimum atomic E-state index is -1.18. The number of nitrogens with one attached hydrogen (secondary N) is 4. The molecule has 0 saturated heterocycles. The van der Waals surface area contributed by atoms with Crippen molar-refractivity contribution in [2.24, 2.45) is 0 Å². The Morgan fingerprint density at radius 1 is 0.355 bits per heavy atom. The molecule has 2 aliphatic heterocycles. The second-order valence-electron chi connectivity index (χ2n) is 24.6. The molecule has 0 fully saturated rings. The smallest absolute Gasteiger partial charge is 0.656 e. The third-order valence-corrected chi connectivity index (χ3v) is 17.7. The number of nitrogens with zero attached hydrogens (tertiary/aromatic N) is 9. The predicted molar refractivity (Wildman–Crippen MR) is 391 cm³/mol. The molecule has 9 heterocycles. The molecular formula is C80H64ClFeN13O12+4. The number of pyridine rings is 4. The standard InChI is InChI=1S/C80H62ClN13O12.Fe/c81-89-94-67-35-36-68(94)76(66-12-4-8-40-93(66)48-52-19-27-56(28-20-52)80(106)85-44-72(101)102)62-34-32-60(88-62)74(64-10-2-6-38-91(64)46-50-15-23-54(24-16-50)78(104)83-42-70(97)98)58-30-29-57(86-58)73(63-9-1-5-37-90(63)45-49-13-21-53(22-14-49)77(103)82-41-69(95)96)59-31-33-61(87-59)75(67)65-11-3-7-39-92(65)47-51-17-25-55(26-18-51)79(105)84-43-71(99)100;/h1-40H,41-48H2,(H6-2,82,83,84,85,95,96,97,98,99,100,101,102,103,104,105,106);/q;+2/p+2. The number of carbonyl (C=O) groups excluding carboxylic acids is 4. The monoisotopic (exact) mass is 1490 g/mol. The van der Waals surface area contributed by atoms with E-state index >= 15 is 0 Å². The molecule has 7 aromatic heterocycles. The Morgan fingerprint density at radius 2 is 0.607 bits per heavy atom. The number of fused-ring (bicyclic) bond motifs is 8. The largest absolute Gasteiger partial charge is 2.00 e. The Morgan fingerprint density at radius 3 is 0.860 bits per heavy atom. The van der Waals surface area contributed by atoms with Crippen molar-refractivity contribution in [1.82, 2.24) is 40.9 Å². The first-order valence-corrected chi connectivity index (χ1v) is 33.5. The van der Waals surface area contributed by atoms with Gasteiger partial charge in [0.1, 0.15) is 26.2 Å². The van der Waals surface area contributed by atoms with E-state index in [2.05, 4.69) is 26.2 Å². The van der Waals surface area contributed by atoms with E-state index in [4.69, 9.17) is 26.7 Å². The minimum absolute atomic E-state index is 0. The maximum atomic E-state index is 13.0. The number of rotatable bonds is 25. The van der Waals surface area contributed by atoms with E-state index in [-0.39, 0.29) is 65.5 Å². The van der Waals surface area contributed by atoms with Gasteiger partial charge in [-0.15, -0.1) is 11.0 Å². The van der Waals surface area contributed by atoms with Crippen LogP contribution >= 0.6 is 11.8 Å². The van der Waals surface area contributed by atoms with E-state index in [1.165, 1.54) is 0 Å². The van der Waals surface area contributed by atoms with E-state index in [0.29, 0.717) is 89.9 Å². The molecule has 107 heavy (non-hydrogen) atoms. The fourth-order valence-electron chi connectivity index (χ4n) is 12.6. The van der Waals surface area contributed by atoms with Gasteiger partial charge in [-0.05, 0) is 109 Å². The first kappa shape index (κ1) is 73.2. The fraction of sp³-hybridized carbons (Fsp3) is 0.100. The second kappa shape index (κ2) is 32.8. The Labute approximate surface area is 625 Å². The van der Waals surface area contributed by atoms with Crippen molar-refractivity contribution in [3.05, 3.63) is 291 Å². The number of carboxylic acids is 4. The van der Waals surface area contributed by atoms with E-state index < -0.39 is 73.7 Å². The van der Waals surface area contributed by atoms with Crippen molar-refractivity contribution < 1.29 is 94.1 Å². The number of benzene rings is 4. The van der Waals surface area contributed by atoms with Crippen LogP contribution in [0.5, 0.6) is 0 Å². The summed E-state index contributed by atoms with van der Waals surface area (Å²) in [5.74, 6) is -6.88. The summed E-state index contributed by atoms with van der Waals surface area (Å²) in [6, 6.07) is 58.2. The first-order chi connectivity index (χ1) is 51.4. The van der Waals surface area contributed by atoms with Crippen LogP contribution in [0.2, 0.25) is 0 Å². The predicted octanol–water partition coefficient (Wildman–Crippen LogP) is 8.32. The van der Waals surface area contributed by atoms with Crippen LogP contribution in [0, 0.1) is 0 Å². The Balaban J connectivity index is 0.0000107. The number of hydrogen-bond acceptors (Lipinski definition) is 10. The molecule has 8 bridgehead atoms. The number of aromatic nitrogens is 8. The molecule has 0 unspecified atom stereocenters. The van der Waals surface area contributed by atoms with Crippen molar-refractivity contribution in [2.75, 3.05) is 26.2 Å². The van der Waals surface area contributed by atoms with Gasteiger partial charge in [-0.3, -0.25) is 38.4 Å². The van der Waals surface area contributed by atoms with Crippen LogP contribution in [-0.4, -0.2) is 109 Å². The van der Waals surface area contributed by atoms with E-state index in [9.17, 15) is 58.8 Å². The van der Waals surface area contributed by atoms with Crippen molar-refractivity contribution in [3.63, 3.8) is 0 Å². The third-order valence-electron chi connectivity index (χ3n) is 17.6. The summed E-state index contributed by atoms with van der Waals surface area (Å²) in [6.07, 6.45) is 15.4. The molecule has 25 nitrogen and oxygen atoms in total. The summed E-state index contributed by atoms with van der Waals surface area (Å²) in [7, 11) is 0. The molecular weight excluding hydrogens is 1430 g/mol. The summed E-state index contributed by atoms with van der Waals surface area (Å²) < 4.78 is 9.79. The quantitative estimate of drug-likeness (QED) is 0.0197. The van der Waals surface area contributed by atoms with Crippen molar-refractivity contribution >= 4 is 106 Å². The minimum Gasteiger partial charge on any atom is -0.656 e. The number of amides is 4. The van der Waals surface area contributed by atoms with Crippen LogP contribution in [0.4, 0.5) is 0 Å². The van der Waals surface area contributed by atoms with Gasteiger partial charge in [-0.25, -0.2) is 21.7 Å². The number of carbonyl (C=O) groups is 8. The maximum Gasteiger partial charge on any atom is 2.00 e. The molecule has 0 radical (unpaired) electrons. The van der Waals surface area contributed by atoms with Gasteiger partial charge in [-0.1, -0.05) is 60.7 Å². The SMILES string of the molecule is O=C(O)CNC(=O)c1ccc(C[n+]2ccccc2-c2c3nc(c(-c4cccc[n+]4Cc4ccc(C(=O)NCC(=O)O)cc4)c4ccc(c(-c5cccc[n+]5Cc5ccc(C(=O)NCC(=O)O)cc5)c5nc(c(-c6cccc[n+]6Cc6ccc(C(=O)NCC(=O)O)cc6)c6ccc2[n-]6)C=C5)n4[N-]Cl)C=C3)cc1.[Fe+2]. The first-order valence-electron chi connectivity index (χ1n) is 33.2. The molecule has 27 heteroatoms. The van der Waals surface area contributed by atoms with E-state index in [1.807, 2.05) is 164 Å². The van der Waals surface area contributed by atoms with Crippen LogP contribution in [0.3, 0.4) is 0 Å². The van der Waals surface area contributed by atoms with Gasteiger partial charge in [-0.2, -0.15) is 18.3 Å². The fourth-order valence-corrected chi connectivity index (χ4v) is 12.8. The molecule has 2 aliphatic rings. The van der Waals surface area contributed by atoms with Crippen molar-refractivity contribution in [3.8, 4) is 45.0 Å². The normalized spacial score (nSPS) is 11.3. The molecule has 8 N–H and O–H groups in total. The molecule has 0 spiro atoms. The summed E-state index contributed by atoms with van der Waals surface area (Å²) in [4.78, 5) is 119. The molecule has 0 atom stereocenters. The molecule has 0 aliphatic carbocycles. The molecule has 4 aromatic carbocycles. The van der Waals surface area contributed by atoms with Gasteiger partial charge >= 0.3 is 40.9 Å². The summed E-state index contributed by atoms with van der Waals surface area (Å²) in [6.45, 7) is -1.07. The van der Waals surface area contributed by atoms with Crippen LogP contribution in [-0.2, 0) is 62.4 Å². The summed E-state index contributed by atoms with van der Waals surface area (Å²) >= 11 is 7.09. The van der Waals surface area contributed by atoms with E-state index in [1.54, 1.807) is 102 Å². The van der Waals surface area contributed by atoms with Crippen molar-refractivity contribution in [2.45, 2.75) is 26.2 Å². The Bertz CT molecular complexity index is 5250. The average Bonchev–Trinajstić information content (AvgIpc) is 1.61. The van der Waals surface area contributed by atoms with Gasteiger partial charge < -0.3 is 56.3 Å². The number of halogens is 1. The van der Waals surface area contributed by atoms with Crippen LogP contribution in [0.25, 0.3) is 96.3 Å². The van der Waals surface area contributed by atoms with E-state index in [0.717, 1.165) is 22.3 Å². The van der Waals surface area contributed by atoms with Gasteiger partial charge in [0.15, 0.2) is 51.0 Å². The number of hydrogen-bond donors (Lipinski definition) is 8. The van der Waals surface area contributed by atoms with Crippen LogP contribution in [0.15, 0.2) is 219 Å². The third kappa shape index (κ3) is 16.8. The van der Waals surface area contributed by atoms with Gasteiger partial charge in [0, 0.05) is 104 Å². The van der Waals surface area contributed by atoms with Crippen LogP contribution < -0.4 is 44.5 Å². The zero-order chi connectivity index (χ0) is 74.0.